The molecule has 0 unspecified atom stereocenters. The molecule has 126 valence electrons. The Hall–Kier alpha value is -0.860. The summed E-state index contributed by atoms with van der Waals surface area (Å²) in [6.45, 7) is 10.5. The second-order valence-electron chi connectivity index (χ2n) is 7.54. The van der Waals surface area contributed by atoms with Gasteiger partial charge >= 0.3 is 0 Å². The molecule has 22 heavy (non-hydrogen) atoms. The molecule has 0 heterocycles. The summed E-state index contributed by atoms with van der Waals surface area (Å²) < 4.78 is 0. The molecule has 1 rings (SSSR count). The van der Waals surface area contributed by atoms with Gasteiger partial charge in [-0.25, -0.2) is 0 Å². The quantitative estimate of drug-likeness (QED) is 0.684. The van der Waals surface area contributed by atoms with Crippen LogP contribution in [-0.4, -0.2) is 21.9 Å². The minimum atomic E-state index is -0.960. The third kappa shape index (κ3) is 7.42. The lowest BCUT2D eigenvalue weighted by Gasteiger charge is -2.24. The number of aliphatic hydroxyl groups excluding tert-OH is 1. The van der Waals surface area contributed by atoms with Gasteiger partial charge in [0.05, 0.1) is 11.7 Å². The van der Waals surface area contributed by atoms with E-state index in [1.54, 1.807) is 6.92 Å². The van der Waals surface area contributed by atoms with Gasteiger partial charge in [-0.05, 0) is 58.3 Å². The average molecular weight is 306 g/mol. The van der Waals surface area contributed by atoms with Crippen LogP contribution in [0.4, 0.5) is 0 Å². The third-order valence-electron chi connectivity index (χ3n) is 4.56. The molecule has 0 fully saturated rings. The predicted octanol–water partition coefficient (Wildman–Crippen LogP) is 4.78. The van der Waals surface area contributed by atoms with E-state index in [0.717, 1.165) is 25.7 Å². The molecule has 0 saturated carbocycles. The molecule has 2 nitrogen and oxygen atoms in total. The maximum atomic E-state index is 10.5. The molecular weight excluding hydrogens is 272 g/mol. The minimum absolute atomic E-state index is 0.348. The highest BCUT2D eigenvalue weighted by Crippen LogP contribution is 2.25. The highest BCUT2D eigenvalue weighted by molar-refractivity contribution is 5.10. The van der Waals surface area contributed by atoms with Crippen molar-refractivity contribution in [1.29, 1.82) is 0 Å². The fourth-order valence-corrected chi connectivity index (χ4v) is 2.99. The molecule has 3 atom stereocenters. The van der Waals surface area contributed by atoms with Crippen molar-refractivity contribution < 1.29 is 10.2 Å². The number of aliphatic hydroxyl groups is 2. The lowest BCUT2D eigenvalue weighted by molar-refractivity contribution is 0.0565. The van der Waals surface area contributed by atoms with E-state index in [9.17, 15) is 10.2 Å². The summed E-state index contributed by atoms with van der Waals surface area (Å²) in [6, 6.07) is 0. The summed E-state index contributed by atoms with van der Waals surface area (Å²) in [5, 5.41) is 20.7. The Kier molecular flexibility index (Phi) is 7.58. The van der Waals surface area contributed by atoms with Gasteiger partial charge in [0.25, 0.3) is 0 Å². The van der Waals surface area contributed by atoms with E-state index in [-0.39, 0.29) is 0 Å². The van der Waals surface area contributed by atoms with E-state index in [0.29, 0.717) is 18.3 Å². The van der Waals surface area contributed by atoms with Crippen molar-refractivity contribution >= 4 is 0 Å². The largest absolute Gasteiger partial charge is 0.389 e. The van der Waals surface area contributed by atoms with E-state index in [1.165, 1.54) is 11.1 Å². The SMILES string of the molecule is C/C1=C/[C@H](O)C[C@](C)(O)/C=C/[C@H](C(C)C)CC/C(C)=C\CC1. The summed E-state index contributed by atoms with van der Waals surface area (Å²) in [6.07, 6.45) is 12.2. The topological polar surface area (TPSA) is 40.5 Å². The number of hydrogen-bond donors (Lipinski definition) is 2. The van der Waals surface area contributed by atoms with Crippen LogP contribution in [-0.2, 0) is 0 Å². The molecule has 1 aliphatic carbocycles. The van der Waals surface area contributed by atoms with E-state index in [2.05, 4.69) is 39.8 Å². The highest BCUT2D eigenvalue weighted by atomic mass is 16.3. The minimum Gasteiger partial charge on any atom is -0.389 e. The zero-order valence-corrected chi connectivity index (χ0v) is 15.0. The van der Waals surface area contributed by atoms with E-state index in [4.69, 9.17) is 0 Å². The molecule has 2 heteroatoms. The van der Waals surface area contributed by atoms with Gasteiger partial charge in [-0.2, -0.15) is 0 Å². The van der Waals surface area contributed by atoms with Crippen molar-refractivity contribution in [3.8, 4) is 0 Å². The Balaban J connectivity index is 2.97. The van der Waals surface area contributed by atoms with Crippen molar-refractivity contribution in [3.63, 3.8) is 0 Å². The van der Waals surface area contributed by atoms with E-state index < -0.39 is 11.7 Å². The standard InChI is InChI=1S/C20H34O2/c1-15(2)18-10-9-16(3)7-6-8-17(4)13-19(21)14-20(5,22)12-11-18/h7,11-13,15,18-19,21-22H,6,8-10,14H2,1-5H3/b12-11+,16-7-,17-13-/t18-,19+,20-/m1/s1. The van der Waals surface area contributed by atoms with Gasteiger partial charge in [0.1, 0.15) is 0 Å². The van der Waals surface area contributed by atoms with Crippen LogP contribution in [0, 0.1) is 11.8 Å². The maximum absolute atomic E-state index is 10.5. The third-order valence-corrected chi connectivity index (χ3v) is 4.56. The Bertz CT molecular complexity index is 427. The van der Waals surface area contributed by atoms with Gasteiger partial charge in [-0.15, -0.1) is 0 Å². The van der Waals surface area contributed by atoms with Crippen molar-refractivity contribution in [2.75, 3.05) is 0 Å². The number of allylic oxidation sites excluding steroid dienone is 4. The first-order valence-electron chi connectivity index (χ1n) is 8.62. The van der Waals surface area contributed by atoms with Crippen LogP contribution >= 0.6 is 0 Å². The summed E-state index contributed by atoms with van der Waals surface area (Å²) in [5.74, 6) is 1.02. The maximum Gasteiger partial charge on any atom is 0.0827 e. The summed E-state index contributed by atoms with van der Waals surface area (Å²) >= 11 is 0. The van der Waals surface area contributed by atoms with Crippen molar-refractivity contribution in [2.24, 2.45) is 11.8 Å². The molecule has 0 aromatic heterocycles. The molecule has 0 amide bonds. The Labute approximate surface area is 136 Å². The van der Waals surface area contributed by atoms with E-state index in [1.807, 2.05) is 12.2 Å². The number of hydrogen-bond acceptors (Lipinski definition) is 2. The smallest absolute Gasteiger partial charge is 0.0827 e. The number of rotatable bonds is 1. The molecule has 0 aromatic carbocycles. The molecular formula is C20H34O2. The molecule has 0 bridgehead atoms. The van der Waals surface area contributed by atoms with E-state index >= 15 is 0 Å². The average Bonchev–Trinajstić information content (AvgIpc) is 2.36. The van der Waals surface area contributed by atoms with Crippen LogP contribution < -0.4 is 0 Å². The fraction of sp³-hybridized carbons (Fsp3) is 0.700. The van der Waals surface area contributed by atoms with Gasteiger partial charge in [0, 0.05) is 6.42 Å². The molecule has 2 N–H and O–H groups in total. The zero-order valence-electron chi connectivity index (χ0n) is 15.0. The van der Waals surface area contributed by atoms with Crippen molar-refractivity contribution in [3.05, 3.63) is 35.5 Å². The van der Waals surface area contributed by atoms with Gasteiger partial charge in [-0.1, -0.05) is 49.3 Å². The summed E-state index contributed by atoms with van der Waals surface area (Å²) in [7, 11) is 0. The Morgan fingerprint density at radius 3 is 2.50 bits per heavy atom. The summed E-state index contributed by atoms with van der Waals surface area (Å²) in [4.78, 5) is 0. The van der Waals surface area contributed by atoms with Gasteiger partial charge in [0.2, 0.25) is 0 Å². The van der Waals surface area contributed by atoms with Crippen LogP contribution in [0.25, 0.3) is 0 Å². The molecule has 0 saturated heterocycles. The van der Waals surface area contributed by atoms with Crippen LogP contribution in [0.15, 0.2) is 35.5 Å². The van der Waals surface area contributed by atoms with Crippen LogP contribution in [0.2, 0.25) is 0 Å². The van der Waals surface area contributed by atoms with Gasteiger partial charge in [0.15, 0.2) is 0 Å². The van der Waals surface area contributed by atoms with Crippen molar-refractivity contribution in [1.82, 2.24) is 0 Å². The van der Waals surface area contributed by atoms with Gasteiger partial charge < -0.3 is 10.2 Å². The first kappa shape index (κ1) is 19.2. The van der Waals surface area contributed by atoms with Gasteiger partial charge in [-0.3, -0.25) is 0 Å². The molecule has 1 aliphatic rings. The second-order valence-corrected chi connectivity index (χ2v) is 7.54. The molecule has 0 aliphatic heterocycles. The zero-order chi connectivity index (χ0) is 16.8. The van der Waals surface area contributed by atoms with Crippen LogP contribution in [0.3, 0.4) is 0 Å². The second kappa shape index (κ2) is 8.69. The fourth-order valence-electron chi connectivity index (χ4n) is 2.99. The van der Waals surface area contributed by atoms with Crippen molar-refractivity contribution in [2.45, 2.75) is 78.4 Å². The Morgan fingerprint density at radius 2 is 1.86 bits per heavy atom. The Morgan fingerprint density at radius 1 is 1.18 bits per heavy atom. The van der Waals surface area contributed by atoms with Crippen LogP contribution in [0.5, 0.6) is 0 Å². The van der Waals surface area contributed by atoms with Crippen LogP contribution in [0.1, 0.15) is 66.7 Å². The lowest BCUT2D eigenvalue weighted by Crippen LogP contribution is -2.27. The molecule has 0 aromatic rings. The molecule has 0 radical (unpaired) electrons. The highest BCUT2D eigenvalue weighted by Gasteiger charge is 2.21. The first-order chi connectivity index (χ1) is 10.2. The molecule has 0 spiro atoms. The lowest BCUT2D eigenvalue weighted by atomic mass is 9.86. The normalized spacial score (nSPS) is 38.5. The monoisotopic (exact) mass is 306 g/mol. The first-order valence-corrected chi connectivity index (χ1v) is 8.62. The summed E-state index contributed by atoms with van der Waals surface area (Å²) in [5.41, 5.74) is 1.67. The predicted molar refractivity (Wildman–Crippen MR) is 94.7 cm³/mol.